The van der Waals surface area contributed by atoms with Gasteiger partial charge in [0.05, 0.1) is 35.5 Å². The Balaban J connectivity index is 1.78. The van der Waals surface area contributed by atoms with E-state index in [0.29, 0.717) is 27.0 Å². The Morgan fingerprint density at radius 1 is 0.971 bits per heavy atom. The van der Waals surface area contributed by atoms with Crippen LogP contribution >= 0.6 is 34.5 Å². The molecular formula is C26H22Cl2N2O4S. The Hall–Kier alpha value is -3.00. The van der Waals surface area contributed by atoms with Gasteiger partial charge in [-0.15, -0.1) is 11.3 Å². The topological polar surface area (TPSA) is 77.8 Å². The van der Waals surface area contributed by atoms with Crippen LogP contribution in [-0.4, -0.2) is 36.9 Å². The number of nitrogens with zero attached hydrogens (tertiary/aromatic N) is 2. The molecule has 0 spiro atoms. The van der Waals surface area contributed by atoms with E-state index in [1.807, 2.05) is 35.7 Å². The van der Waals surface area contributed by atoms with Crippen LogP contribution in [0.15, 0.2) is 64.1 Å². The van der Waals surface area contributed by atoms with Crippen molar-refractivity contribution in [3.8, 4) is 21.8 Å². The average molecular weight is 529 g/mol. The zero-order valence-electron chi connectivity index (χ0n) is 19.5. The number of rotatable bonds is 5. The fraction of sp³-hybridized carbons (Fsp3) is 0.231. The van der Waals surface area contributed by atoms with Gasteiger partial charge in [0.1, 0.15) is 10.9 Å². The smallest absolute Gasteiger partial charge is 0.336 e. The molecule has 1 aliphatic heterocycles. The van der Waals surface area contributed by atoms with Crippen LogP contribution in [0.5, 0.6) is 0 Å². The molecule has 4 rings (SSSR count). The molecule has 0 fully saturated rings. The van der Waals surface area contributed by atoms with Gasteiger partial charge in [-0.25, -0.2) is 9.78 Å². The molecule has 35 heavy (non-hydrogen) atoms. The summed E-state index contributed by atoms with van der Waals surface area (Å²) in [5.74, 6) is -2.36. The zero-order valence-corrected chi connectivity index (χ0v) is 21.8. The second kappa shape index (κ2) is 10.3. The number of carbonyl (C=O) groups is 2. The third-order valence-corrected chi connectivity index (χ3v) is 7.53. The van der Waals surface area contributed by atoms with Gasteiger partial charge in [-0.05, 0) is 37.6 Å². The minimum absolute atomic E-state index is 0.335. The Bertz CT molecular complexity index is 1380. The summed E-state index contributed by atoms with van der Waals surface area (Å²) in [7, 11) is 2.64. The first-order valence-electron chi connectivity index (χ1n) is 10.7. The minimum atomic E-state index is -0.754. The van der Waals surface area contributed by atoms with Crippen molar-refractivity contribution >= 4 is 52.2 Å². The molecule has 2 heterocycles. The van der Waals surface area contributed by atoms with Gasteiger partial charge in [0.25, 0.3) is 0 Å². The summed E-state index contributed by atoms with van der Waals surface area (Å²) >= 11 is 13.7. The quantitative estimate of drug-likeness (QED) is 0.349. The van der Waals surface area contributed by atoms with E-state index in [0.717, 1.165) is 27.4 Å². The number of aromatic nitrogens is 1. The van der Waals surface area contributed by atoms with Gasteiger partial charge in [0.15, 0.2) is 0 Å². The zero-order chi connectivity index (χ0) is 25.3. The van der Waals surface area contributed by atoms with Crippen molar-refractivity contribution in [3.63, 3.8) is 0 Å². The van der Waals surface area contributed by atoms with Gasteiger partial charge < -0.3 is 9.47 Å². The molecule has 0 N–H and O–H groups in total. The fourth-order valence-electron chi connectivity index (χ4n) is 4.26. The predicted molar refractivity (Wildman–Crippen MR) is 139 cm³/mol. The van der Waals surface area contributed by atoms with Crippen molar-refractivity contribution in [2.24, 2.45) is 10.9 Å². The summed E-state index contributed by atoms with van der Waals surface area (Å²) in [5.41, 5.74) is 4.67. The molecule has 0 saturated carbocycles. The Morgan fingerprint density at radius 3 is 2.43 bits per heavy atom. The summed E-state index contributed by atoms with van der Waals surface area (Å²) in [4.78, 5) is 34.8. The van der Waals surface area contributed by atoms with Crippen molar-refractivity contribution in [2.45, 2.75) is 19.8 Å². The lowest BCUT2D eigenvalue weighted by molar-refractivity contribution is -0.143. The van der Waals surface area contributed by atoms with Gasteiger partial charge in [-0.1, -0.05) is 47.5 Å². The van der Waals surface area contributed by atoms with Crippen molar-refractivity contribution in [3.05, 3.63) is 74.7 Å². The molecular weight excluding hydrogens is 507 g/mol. The standard InChI is InChI=1S/C26H22Cl2N2O4S/c1-13-21(25(31)33-3)23(22(14(2)29-13)26(32)34-4)16-6-5-7-17(10-16)24-30-20(12-35-24)15-8-9-18(27)19(28)11-15/h5-12,21,23H,1-4H3. The Labute approximate surface area is 217 Å². The number of benzene rings is 2. The van der Waals surface area contributed by atoms with Gasteiger partial charge >= 0.3 is 11.9 Å². The monoisotopic (exact) mass is 528 g/mol. The van der Waals surface area contributed by atoms with E-state index in [9.17, 15) is 9.59 Å². The fourth-order valence-corrected chi connectivity index (χ4v) is 5.39. The summed E-state index contributed by atoms with van der Waals surface area (Å²) in [6, 6.07) is 13.0. The van der Waals surface area contributed by atoms with Gasteiger partial charge in [-0.3, -0.25) is 9.79 Å². The molecule has 0 radical (unpaired) electrons. The lowest BCUT2D eigenvalue weighted by Crippen LogP contribution is -2.36. The maximum Gasteiger partial charge on any atom is 0.336 e. The second-order valence-corrected chi connectivity index (χ2v) is 9.69. The summed E-state index contributed by atoms with van der Waals surface area (Å²) in [6.45, 7) is 3.50. The first kappa shape index (κ1) is 25.1. The van der Waals surface area contributed by atoms with Crippen LogP contribution in [0.1, 0.15) is 25.3 Å². The number of methoxy groups -OCH3 is 2. The van der Waals surface area contributed by atoms with E-state index in [4.69, 9.17) is 37.7 Å². The SMILES string of the molecule is COC(=O)C1=C(C)N=C(C)C(C(=O)OC)C1c1cccc(-c2nc(-c3ccc(Cl)c(Cl)c3)cs2)c1. The van der Waals surface area contributed by atoms with Crippen LogP contribution in [0.25, 0.3) is 21.8 Å². The Kier molecular flexibility index (Phi) is 7.40. The number of carbonyl (C=O) groups excluding carboxylic acids is 2. The van der Waals surface area contributed by atoms with Crippen LogP contribution in [0.2, 0.25) is 10.0 Å². The number of ether oxygens (including phenoxy) is 2. The van der Waals surface area contributed by atoms with Gasteiger partial charge in [0, 0.05) is 33.8 Å². The lowest BCUT2D eigenvalue weighted by Gasteiger charge is -2.31. The van der Waals surface area contributed by atoms with E-state index in [2.05, 4.69) is 4.99 Å². The molecule has 0 bridgehead atoms. The number of allylic oxidation sites excluding steroid dienone is 1. The van der Waals surface area contributed by atoms with Crippen LogP contribution < -0.4 is 0 Å². The van der Waals surface area contributed by atoms with Crippen molar-refractivity contribution in [1.29, 1.82) is 0 Å². The first-order valence-corrected chi connectivity index (χ1v) is 12.3. The van der Waals surface area contributed by atoms with Crippen LogP contribution in [-0.2, 0) is 19.1 Å². The highest BCUT2D eigenvalue weighted by molar-refractivity contribution is 7.13. The number of halogens is 2. The summed E-state index contributed by atoms with van der Waals surface area (Å²) in [6.07, 6.45) is 0. The van der Waals surface area contributed by atoms with Gasteiger partial charge in [-0.2, -0.15) is 0 Å². The average Bonchev–Trinajstić information content (AvgIpc) is 3.35. The van der Waals surface area contributed by atoms with Crippen LogP contribution in [0.4, 0.5) is 0 Å². The van der Waals surface area contributed by atoms with Crippen molar-refractivity contribution in [2.75, 3.05) is 14.2 Å². The third kappa shape index (κ3) is 4.89. The maximum absolute atomic E-state index is 12.8. The molecule has 2 unspecified atom stereocenters. The molecule has 9 heteroatoms. The molecule has 180 valence electrons. The van der Waals surface area contributed by atoms with Gasteiger partial charge in [0.2, 0.25) is 0 Å². The van der Waals surface area contributed by atoms with Crippen molar-refractivity contribution < 1.29 is 19.1 Å². The summed E-state index contributed by atoms with van der Waals surface area (Å²) in [5, 5.41) is 3.67. The molecule has 0 saturated heterocycles. The molecule has 6 nitrogen and oxygen atoms in total. The highest BCUT2D eigenvalue weighted by Crippen LogP contribution is 2.41. The van der Waals surface area contributed by atoms with E-state index in [-0.39, 0.29) is 0 Å². The molecule has 3 aromatic rings. The lowest BCUT2D eigenvalue weighted by atomic mass is 9.75. The van der Waals surface area contributed by atoms with E-state index in [1.165, 1.54) is 25.6 Å². The Morgan fingerprint density at radius 2 is 1.74 bits per heavy atom. The number of thiazole rings is 1. The molecule has 2 aromatic carbocycles. The van der Waals surface area contributed by atoms with Crippen LogP contribution in [0, 0.1) is 5.92 Å². The van der Waals surface area contributed by atoms with E-state index in [1.54, 1.807) is 26.0 Å². The molecule has 2 atom stereocenters. The van der Waals surface area contributed by atoms with E-state index < -0.39 is 23.8 Å². The second-order valence-electron chi connectivity index (χ2n) is 8.01. The highest BCUT2D eigenvalue weighted by atomic mass is 35.5. The maximum atomic E-state index is 12.8. The summed E-state index contributed by atoms with van der Waals surface area (Å²) < 4.78 is 10.1. The minimum Gasteiger partial charge on any atom is -0.468 e. The third-order valence-electron chi connectivity index (χ3n) is 5.90. The largest absolute Gasteiger partial charge is 0.468 e. The molecule has 0 aliphatic carbocycles. The number of hydrogen-bond acceptors (Lipinski definition) is 7. The number of hydrogen-bond donors (Lipinski definition) is 0. The molecule has 1 aromatic heterocycles. The normalized spacial score (nSPS) is 17.7. The van der Waals surface area contributed by atoms with Crippen LogP contribution in [0.3, 0.4) is 0 Å². The predicted octanol–water partition coefficient (Wildman–Crippen LogP) is 6.58. The van der Waals surface area contributed by atoms with Crippen molar-refractivity contribution in [1.82, 2.24) is 4.98 Å². The molecule has 1 aliphatic rings. The highest BCUT2D eigenvalue weighted by Gasteiger charge is 2.42. The van der Waals surface area contributed by atoms with E-state index >= 15 is 0 Å². The number of esters is 2. The molecule has 0 amide bonds. The first-order chi connectivity index (χ1) is 16.7. The number of aliphatic imine (C=N–C) groups is 1.